The molecule has 1 saturated carbocycles. The Morgan fingerprint density at radius 2 is 1.56 bits per heavy atom. The third-order valence-electron chi connectivity index (χ3n) is 6.06. The van der Waals surface area contributed by atoms with Gasteiger partial charge in [-0.05, 0) is 61.7 Å². The monoisotopic (exact) mass is 433 g/mol. The molecule has 0 spiro atoms. The average molecular weight is 434 g/mol. The van der Waals surface area contributed by atoms with Crippen LogP contribution in [0.1, 0.15) is 46.8 Å². The van der Waals surface area contributed by atoms with Crippen LogP contribution in [-0.2, 0) is 15.1 Å². The zero-order valence-corrected chi connectivity index (χ0v) is 18.4. The predicted octanol–water partition coefficient (Wildman–Crippen LogP) is 1.17. The number of nitrogens with one attached hydrogen (secondary N) is 1. The van der Waals surface area contributed by atoms with Crippen LogP contribution in [0.3, 0.4) is 0 Å². The number of Topliss-reactive ketones (excluding diaryl/α,β-unsaturated/α-hetero) is 1. The van der Waals surface area contributed by atoms with E-state index in [2.05, 4.69) is 17.2 Å². The first kappa shape index (κ1) is 23.2. The number of hydrogen-bond acceptors (Lipinski definition) is 5. The van der Waals surface area contributed by atoms with Crippen molar-refractivity contribution in [2.24, 2.45) is 5.73 Å². The number of nitrogens with two attached hydrogens (primary N) is 1. The third-order valence-corrected chi connectivity index (χ3v) is 6.06. The molecule has 0 aliphatic heterocycles. The number of aliphatic hydroxyl groups is 1. The molecule has 0 saturated heterocycles. The summed E-state index contributed by atoms with van der Waals surface area (Å²) in [6.45, 7) is 0.451. The third kappa shape index (κ3) is 4.42. The van der Waals surface area contributed by atoms with Crippen LogP contribution in [0.15, 0.2) is 48.5 Å². The minimum Gasteiger partial charge on any atom is -0.388 e. The van der Waals surface area contributed by atoms with E-state index in [-0.39, 0.29) is 5.54 Å². The normalized spacial score (nSPS) is 15.5. The topological polar surface area (TPSA) is 113 Å². The van der Waals surface area contributed by atoms with Gasteiger partial charge in [-0.15, -0.1) is 0 Å². The van der Waals surface area contributed by atoms with Crippen molar-refractivity contribution in [1.82, 2.24) is 10.2 Å². The molecule has 1 fully saturated rings. The van der Waals surface area contributed by atoms with E-state index in [4.69, 9.17) is 5.73 Å². The maximum absolute atomic E-state index is 12.9. The van der Waals surface area contributed by atoms with Crippen molar-refractivity contribution < 1.29 is 19.5 Å². The van der Waals surface area contributed by atoms with Gasteiger partial charge in [-0.25, -0.2) is 0 Å². The van der Waals surface area contributed by atoms with Crippen molar-refractivity contribution in [2.75, 3.05) is 20.7 Å². The van der Waals surface area contributed by atoms with Gasteiger partial charge in [-0.1, -0.05) is 24.0 Å². The van der Waals surface area contributed by atoms with Crippen LogP contribution in [0.2, 0.25) is 0 Å². The lowest BCUT2D eigenvalue weighted by Gasteiger charge is -2.35. The molecule has 7 heteroatoms. The fourth-order valence-electron chi connectivity index (χ4n) is 3.41. The number of hydrogen-bond donors (Lipinski definition) is 3. The number of amides is 2. The van der Waals surface area contributed by atoms with Gasteiger partial charge >= 0.3 is 0 Å². The summed E-state index contributed by atoms with van der Waals surface area (Å²) >= 11 is 0. The van der Waals surface area contributed by atoms with Crippen LogP contribution in [0, 0.1) is 11.8 Å². The van der Waals surface area contributed by atoms with Gasteiger partial charge in [0.05, 0.1) is 0 Å². The average Bonchev–Trinajstić information content (AvgIpc) is 3.59. The van der Waals surface area contributed by atoms with Crippen LogP contribution in [0.4, 0.5) is 0 Å². The van der Waals surface area contributed by atoms with Gasteiger partial charge in [0.25, 0.3) is 11.8 Å². The Balaban J connectivity index is 1.75. The number of likely N-dealkylation sites (N-methyl/N-ethyl adjacent to an activating group) is 2. The zero-order chi connectivity index (χ0) is 23.5. The minimum absolute atomic E-state index is 0.169. The SMILES string of the molecule is CNC(=O)[C@@](C)(C(=O)CO)N(C)C(=O)c1ccc(C#Cc2ccc(C3(N)CC3)cc2)cc1. The van der Waals surface area contributed by atoms with Gasteiger partial charge in [0, 0.05) is 36.3 Å². The van der Waals surface area contributed by atoms with E-state index in [1.54, 1.807) is 24.3 Å². The Morgan fingerprint density at radius 1 is 1.06 bits per heavy atom. The summed E-state index contributed by atoms with van der Waals surface area (Å²) in [7, 11) is 2.72. The first-order chi connectivity index (χ1) is 15.2. The molecule has 32 heavy (non-hydrogen) atoms. The quantitative estimate of drug-likeness (QED) is 0.468. The fourth-order valence-corrected chi connectivity index (χ4v) is 3.41. The summed E-state index contributed by atoms with van der Waals surface area (Å²) in [5, 5.41) is 11.6. The number of rotatable bonds is 6. The van der Waals surface area contributed by atoms with Crippen molar-refractivity contribution in [3.63, 3.8) is 0 Å². The second-order valence-electron chi connectivity index (χ2n) is 8.16. The van der Waals surface area contributed by atoms with Gasteiger partial charge in [-0.3, -0.25) is 14.4 Å². The Hall–Kier alpha value is -3.47. The summed E-state index contributed by atoms with van der Waals surface area (Å²) in [6.07, 6.45) is 2.02. The first-order valence-electron chi connectivity index (χ1n) is 10.3. The standard InChI is InChI=1S/C25H27N3O4/c1-24(21(30)16-29,23(32)27-2)28(3)22(31)19-10-6-17(7-11-19)4-5-18-8-12-20(13-9-18)25(26)14-15-25/h6-13,29H,14-16,26H2,1-3H3,(H,27,32)/t24-/m1/s1. The molecule has 0 aromatic heterocycles. The molecule has 2 aromatic rings. The molecule has 0 bridgehead atoms. The van der Waals surface area contributed by atoms with Crippen molar-refractivity contribution in [2.45, 2.75) is 30.8 Å². The molecule has 1 atom stereocenters. The van der Waals surface area contributed by atoms with Crippen LogP contribution in [0.5, 0.6) is 0 Å². The Morgan fingerprint density at radius 3 is 2.00 bits per heavy atom. The van der Waals surface area contributed by atoms with Gasteiger partial charge in [0.15, 0.2) is 11.3 Å². The van der Waals surface area contributed by atoms with Gasteiger partial charge in [0.2, 0.25) is 0 Å². The highest BCUT2D eigenvalue weighted by Gasteiger charge is 2.46. The maximum Gasteiger partial charge on any atom is 0.254 e. The van der Waals surface area contributed by atoms with Crippen LogP contribution in [0.25, 0.3) is 0 Å². The number of aliphatic hydroxyl groups excluding tert-OH is 1. The van der Waals surface area contributed by atoms with Crippen molar-refractivity contribution in [3.8, 4) is 11.8 Å². The van der Waals surface area contributed by atoms with Crippen molar-refractivity contribution in [1.29, 1.82) is 0 Å². The van der Waals surface area contributed by atoms with E-state index < -0.39 is 29.7 Å². The molecule has 0 unspecified atom stereocenters. The predicted molar refractivity (Wildman–Crippen MR) is 121 cm³/mol. The fraction of sp³-hybridized carbons (Fsp3) is 0.320. The van der Waals surface area contributed by atoms with Gasteiger partial charge in [0.1, 0.15) is 6.61 Å². The van der Waals surface area contributed by atoms with E-state index >= 15 is 0 Å². The van der Waals surface area contributed by atoms with E-state index in [0.29, 0.717) is 11.1 Å². The van der Waals surface area contributed by atoms with Gasteiger partial charge in [-0.2, -0.15) is 0 Å². The summed E-state index contributed by atoms with van der Waals surface area (Å²) in [6, 6.07) is 14.5. The molecular weight excluding hydrogens is 406 g/mol. The van der Waals surface area contributed by atoms with Crippen LogP contribution in [-0.4, -0.2) is 53.8 Å². The van der Waals surface area contributed by atoms with E-state index in [0.717, 1.165) is 28.9 Å². The van der Waals surface area contributed by atoms with E-state index in [1.807, 2.05) is 24.3 Å². The summed E-state index contributed by atoms with van der Waals surface area (Å²) in [5.41, 5.74) is 7.20. The highest BCUT2D eigenvalue weighted by molar-refractivity contribution is 6.14. The Labute approximate surface area is 187 Å². The molecule has 0 heterocycles. The highest BCUT2D eigenvalue weighted by atomic mass is 16.3. The summed E-state index contributed by atoms with van der Waals surface area (Å²) in [5.74, 6) is 4.17. The lowest BCUT2D eigenvalue weighted by molar-refractivity contribution is -0.143. The number of ketones is 1. The number of benzene rings is 2. The minimum atomic E-state index is -1.83. The molecule has 166 valence electrons. The summed E-state index contributed by atoms with van der Waals surface area (Å²) in [4.78, 5) is 38.5. The number of carbonyl (C=O) groups is 3. The Kier molecular flexibility index (Phi) is 6.49. The van der Waals surface area contributed by atoms with E-state index in [1.165, 1.54) is 21.0 Å². The van der Waals surface area contributed by atoms with E-state index in [9.17, 15) is 19.5 Å². The maximum atomic E-state index is 12.9. The largest absolute Gasteiger partial charge is 0.388 e. The number of carbonyl (C=O) groups excluding carboxylic acids is 3. The Bertz CT molecular complexity index is 1070. The first-order valence-corrected chi connectivity index (χ1v) is 10.3. The lowest BCUT2D eigenvalue weighted by atomic mass is 9.92. The molecule has 4 N–H and O–H groups in total. The van der Waals surface area contributed by atoms with Crippen LogP contribution < -0.4 is 11.1 Å². The smallest absolute Gasteiger partial charge is 0.254 e. The highest BCUT2D eigenvalue weighted by Crippen LogP contribution is 2.42. The lowest BCUT2D eigenvalue weighted by Crippen LogP contribution is -2.62. The summed E-state index contributed by atoms with van der Waals surface area (Å²) < 4.78 is 0. The molecule has 1 aliphatic rings. The van der Waals surface area contributed by atoms with Crippen LogP contribution >= 0.6 is 0 Å². The second kappa shape index (κ2) is 8.95. The molecule has 2 aromatic carbocycles. The van der Waals surface area contributed by atoms with Crippen molar-refractivity contribution in [3.05, 3.63) is 70.8 Å². The number of nitrogens with zero attached hydrogens (tertiary/aromatic N) is 1. The molecule has 7 nitrogen and oxygen atoms in total. The van der Waals surface area contributed by atoms with Gasteiger partial charge < -0.3 is 21.1 Å². The van der Waals surface area contributed by atoms with Crippen molar-refractivity contribution >= 4 is 17.6 Å². The molecule has 1 aliphatic carbocycles. The zero-order valence-electron chi connectivity index (χ0n) is 18.4. The molecule has 3 rings (SSSR count). The second-order valence-corrected chi connectivity index (χ2v) is 8.16. The molecule has 0 radical (unpaired) electrons. The molecule has 2 amide bonds. The molecular formula is C25H27N3O4.